The number of halogens is 1. The molecule has 1 unspecified atom stereocenters. The molecule has 1 aliphatic rings. The highest BCUT2D eigenvalue weighted by atomic mass is 35.5. The Balaban J connectivity index is 1.54. The van der Waals surface area contributed by atoms with Crippen LogP contribution in [0.5, 0.6) is 11.5 Å². The third-order valence-corrected chi connectivity index (χ3v) is 8.71. The fraction of sp³-hybridized carbons (Fsp3) is 0.200. The van der Waals surface area contributed by atoms with Gasteiger partial charge in [0.1, 0.15) is 17.3 Å². The van der Waals surface area contributed by atoms with Crippen LogP contribution in [0.3, 0.4) is 0 Å². The number of carbonyl (C=O) groups is 2. The van der Waals surface area contributed by atoms with Crippen molar-refractivity contribution in [1.82, 2.24) is 10.2 Å². The van der Waals surface area contributed by atoms with Gasteiger partial charge in [-0.05, 0) is 66.1 Å². The van der Waals surface area contributed by atoms with Gasteiger partial charge < -0.3 is 14.6 Å². The minimum absolute atomic E-state index is 0.0432. The van der Waals surface area contributed by atoms with E-state index in [1.165, 1.54) is 35.1 Å². The van der Waals surface area contributed by atoms with Crippen molar-refractivity contribution in [3.63, 3.8) is 0 Å². The van der Waals surface area contributed by atoms with Crippen LogP contribution >= 0.6 is 34.7 Å². The number of Topliss-reactive ketones (excluding diaryl/α,β-unsaturated/α-hetero) is 1. The lowest BCUT2D eigenvalue weighted by atomic mass is 9.95. The van der Waals surface area contributed by atoms with E-state index in [0.29, 0.717) is 44.3 Å². The fourth-order valence-electron chi connectivity index (χ4n) is 4.33. The third-order valence-electron chi connectivity index (χ3n) is 6.33. The van der Waals surface area contributed by atoms with E-state index < -0.39 is 17.7 Å². The fourth-order valence-corrected chi connectivity index (χ4v) is 6.28. The van der Waals surface area contributed by atoms with Gasteiger partial charge in [-0.1, -0.05) is 65.9 Å². The van der Waals surface area contributed by atoms with E-state index in [1.54, 1.807) is 42.5 Å². The Bertz CT molecular complexity index is 1590. The van der Waals surface area contributed by atoms with Crippen molar-refractivity contribution >= 4 is 57.3 Å². The summed E-state index contributed by atoms with van der Waals surface area (Å²) >= 11 is 8.66. The van der Waals surface area contributed by atoms with Gasteiger partial charge in [0.05, 0.1) is 25.3 Å². The molecule has 0 saturated carbocycles. The molecule has 1 saturated heterocycles. The molecule has 8 nitrogen and oxygen atoms in total. The van der Waals surface area contributed by atoms with E-state index >= 15 is 0 Å². The number of carbonyl (C=O) groups excluding carboxylic acids is 2. The number of aromatic nitrogens is 2. The van der Waals surface area contributed by atoms with Crippen molar-refractivity contribution in [2.45, 2.75) is 29.5 Å². The Kier molecular flexibility index (Phi) is 8.92. The molecule has 4 aromatic rings. The Morgan fingerprint density at radius 3 is 2.51 bits per heavy atom. The maximum Gasteiger partial charge on any atom is 0.301 e. The van der Waals surface area contributed by atoms with Crippen molar-refractivity contribution in [2.75, 3.05) is 18.6 Å². The highest BCUT2D eigenvalue weighted by Crippen LogP contribution is 2.44. The zero-order valence-corrected chi connectivity index (χ0v) is 24.6. The molecule has 1 atom stereocenters. The number of hydrogen-bond acceptors (Lipinski definition) is 9. The molecule has 1 N–H and O–H groups in total. The van der Waals surface area contributed by atoms with Gasteiger partial charge in [-0.3, -0.25) is 14.5 Å². The zero-order chi connectivity index (χ0) is 28.9. The Hall–Kier alpha value is -3.86. The number of aliphatic hydroxyl groups is 1. The Morgan fingerprint density at radius 1 is 1.05 bits per heavy atom. The van der Waals surface area contributed by atoms with E-state index in [4.69, 9.17) is 21.1 Å². The molecule has 0 radical (unpaired) electrons. The van der Waals surface area contributed by atoms with Crippen LogP contribution < -0.4 is 14.4 Å². The van der Waals surface area contributed by atoms with Gasteiger partial charge in [0.25, 0.3) is 5.78 Å². The average molecular weight is 608 g/mol. The molecule has 1 fully saturated rings. The molecule has 210 valence electrons. The lowest BCUT2D eigenvalue weighted by Gasteiger charge is -2.23. The summed E-state index contributed by atoms with van der Waals surface area (Å²) < 4.78 is 11.7. The van der Waals surface area contributed by atoms with Gasteiger partial charge in [0.2, 0.25) is 5.13 Å². The second-order valence-corrected chi connectivity index (χ2v) is 11.7. The van der Waals surface area contributed by atoms with E-state index in [0.717, 1.165) is 12.0 Å². The SMILES string of the molecule is CCCOc1cccc(C2C(=C(O)c3ccc(OC)cc3)C(=O)C(=O)N2c2nnc(SCc3ccc(Cl)cc3)s2)c1. The summed E-state index contributed by atoms with van der Waals surface area (Å²) in [4.78, 5) is 28.3. The van der Waals surface area contributed by atoms with Crippen molar-refractivity contribution < 1.29 is 24.2 Å². The van der Waals surface area contributed by atoms with Gasteiger partial charge in [0, 0.05) is 16.3 Å². The number of amides is 1. The minimum Gasteiger partial charge on any atom is -0.507 e. The first-order chi connectivity index (χ1) is 19.9. The normalized spacial score (nSPS) is 16.3. The monoisotopic (exact) mass is 607 g/mol. The summed E-state index contributed by atoms with van der Waals surface area (Å²) in [6, 6.07) is 20.4. The molecule has 0 bridgehead atoms. The molecule has 0 spiro atoms. The summed E-state index contributed by atoms with van der Waals surface area (Å²) in [5.74, 6) is -0.0838. The lowest BCUT2D eigenvalue weighted by molar-refractivity contribution is -0.132. The van der Waals surface area contributed by atoms with Crippen LogP contribution in [0.1, 0.15) is 36.1 Å². The van der Waals surface area contributed by atoms with Crippen molar-refractivity contribution in [2.24, 2.45) is 0 Å². The molecule has 3 aromatic carbocycles. The summed E-state index contributed by atoms with van der Waals surface area (Å²) in [6.07, 6.45) is 0.821. The first kappa shape index (κ1) is 28.7. The van der Waals surface area contributed by atoms with Gasteiger partial charge in [0.15, 0.2) is 4.34 Å². The maximum absolute atomic E-state index is 13.5. The van der Waals surface area contributed by atoms with Crippen LogP contribution in [0.15, 0.2) is 82.7 Å². The number of methoxy groups -OCH3 is 1. The van der Waals surface area contributed by atoms with Gasteiger partial charge >= 0.3 is 5.91 Å². The molecule has 0 aliphatic carbocycles. The Morgan fingerprint density at radius 2 is 1.80 bits per heavy atom. The largest absolute Gasteiger partial charge is 0.507 e. The predicted molar refractivity (Wildman–Crippen MR) is 161 cm³/mol. The standard InChI is InChI=1S/C30H26ClN3O5S2/c1-3-15-39-23-6-4-5-20(16-23)25-24(26(35)19-9-13-22(38-2)14-10-19)27(36)28(37)34(25)29-32-33-30(41-29)40-17-18-7-11-21(31)12-8-18/h4-14,16,25,35H,3,15,17H2,1-2H3. The summed E-state index contributed by atoms with van der Waals surface area (Å²) in [7, 11) is 1.54. The lowest BCUT2D eigenvalue weighted by Crippen LogP contribution is -2.29. The third kappa shape index (κ3) is 6.24. The number of nitrogens with zero attached hydrogens (tertiary/aromatic N) is 3. The molecule has 1 amide bonds. The van der Waals surface area contributed by atoms with E-state index in [-0.39, 0.29) is 16.5 Å². The van der Waals surface area contributed by atoms with Crippen molar-refractivity contribution in [3.8, 4) is 11.5 Å². The van der Waals surface area contributed by atoms with Crippen LogP contribution in [0.25, 0.3) is 5.76 Å². The molecule has 5 rings (SSSR count). The number of ether oxygens (including phenoxy) is 2. The van der Waals surface area contributed by atoms with Crippen LogP contribution in [0.4, 0.5) is 5.13 Å². The number of aliphatic hydroxyl groups excluding tert-OH is 1. The quantitative estimate of drug-likeness (QED) is 0.0682. The average Bonchev–Trinajstić information content (AvgIpc) is 3.57. The molecule has 1 aliphatic heterocycles. The summed E-state index contributed by atoms with van der Waals surface area (Å²) in [6.45, 7) is 2.52. The maximum atomic E-state index is 13.5. The highest BCUT2D eigenvalue weighted by molar-refractivity contribution is 8.00. The van der Waals surface area contributed by atoms with Crippen molar-refractivity contribution in [3.05, 3.63) is 100 Å². The minimum atomic E-state index is -0.940. The van der Waals surface area contributed by atoms with Crippen LogP contribution in [-0.2, 0) is 15.3 Å². The predicted octanol–water partition coefficient (Wildman–Crippen LogP) is 6.91. The van der Waals surface area contributed by atoms with Crippen LogP contribution in [-0.4, -0.2) is 40.7 Å². The van der Waals surface area contributed by atoms with Crippen LogP contribution in [0, 0.1) is 0 Å². The molecular formula is C30H26ClN3O5S2. The van der Waals surface area contributed by atoms with Gasteiger partial charge in [-0.2, -0.15) is 0 Å². The molecule has 1 aromatic heterocycles. The van der Waals surface area contributed by atoms with Crippen LogP contribution in [0.2, 0.25) is 5.02 Å². The number of thioether (sulfide) groups is 1. The number of ketones is 1. The highest BCUT2D eigenvalue weighted by Gasteiger charge is 2.48. The summed E-state index contributed by atoms with van der Waals surface area (Å²) in [5, 5.41) is 20.8. The molecule has 2 heterocycles. The van der Waals surface area contributed by atoms with Crippen molar-refractivity contribution in [1.29, 1.82) is 0 Å². The van der Waals surface area contributed by atoms with E-state index in [1.807, 2.05) is 37.3 Å². The number of anilines is 1. The van der Waals surface area contributed by atoms with Gasteiger partial charge in [-0.25, -0.2) is 0 Å². The topological polar surface area (TPSA) is 102 Å². The molecule has 11 heteroatoms. The van der Waals surface area contributed by atoms with E-state index in [9.17, 15) is 14.7 Å². The number of rotatable bonds is 10. The zero-order valence-electron chi connectivity index (χ0n) is 22.2. The first-order valence-corrected chi connectivity index (χ1v) is 15.0. The second kappa shape index (κ2) is 12.8. The van der Waals surface area contributed by atoms with E-state index in [2.05, 4.69) is 10.2 Å². The second-order valence-electron chi connectivity index (χ2n) is 9.08. The smallest absolute Gasteiger partial charge is 0.301 e. The number of hydrogen-bond donors (Lipinski definition) is 1. The number of benzene rings is 3. The van der Waals surface area contributed by atoms with Gasteiger partial charge in [-0.15, -0.1) is 10.2 Å². The summed E-state index contributed by atoms with van der Waals surface area (Å²) in [5.41, 5.74) is 1.99. The molecular weight excluding hydrogens is 582 g/mol. The first-order valence-electron chi connectivity index (χ1n) is 12.8. The Labute approximate surface area is 250 Å². The molecule has 41 heavy (non-hydrogen) atoms.